The van der Waals surface area contributed by atoms with Gasteiger partial charge in [0.05, 0.1) is 22.2 Å². The first-order chi connectivity index (χ1) is 25.1. The van der Waals surface area contributed by atoms with E-state index in [9.17, 15) is 0 Å². The number of rotatable bonds is 4. The summed E-state index contributed by atoms with van der Waals surface area (Å²) >= 11 is 1.88. The fraction of sp³-hybridized carbons (Fsp3) is 0.191. The number of para-hydroxylation sites is 2. The summed E-state index contributed by atoms with van der Waals surface area (Å²) in [5, 5.41) is 6.12. The van der Waals surface area contributed by atoms with E-state index in [1.54, 1.807) is 0 Å². The summed E-state index contributed by atoms with van der Waals surface area (Å²) in [6.45, 7) is 2.50. The Labute approximate surface area is 301 Å². The highest BCUT2D eigenvalue weighted by Gasteiger charge is 2.41. The van der Waals surface area contributed by atoms with E-state index >= 15 is 0 Å². The van der Waals surface area contributed by atoms with Crippen LogP contribution in [0.4, 0.5) is 0 Å². The van der Waals surface area contributed by atoms with Crippen LogP contribution in [0.25, 0.3) is 81.2 Å². The fourth-order valence-electron chi connectivity index (χ4n) is 9.89. The minimum atomic E-state index is 0.266. The van der Waals surface area contributed by atoms with E-state index in [1.165, 1.54) is 79.7 Å². The van der Waals surface area contributed by atoms with Crippen LogP contribution in [0.1, 0.15) is 44.6 Å². The van der Waals surface area contributed by atoms with Gasteiger partial charge in [-0.15, -0.1) is 11.3 Å². The quantitative estimate of drug-likeness (QED) is 0.186. The van der Waals surface area contributed by atoms with Gasteiger partial charge in [0.15, 0.2) is 0 Å². The zero-order chi connectivity index (χ0) is 33.7. The summed E-state index contributed by atoms with van der Waals surface area (Å²) in [6.07, 6.45) is 6.90. The molecule has 3 nitrogen and oxygen atoms in total. The molecule has 0 radical (unpaired) electrons. The molecule has 0 spiro atoms. The molecular formula is C47H37N3S. The summed E-state index contributed by atoms with van der Waals surface area (Å²) in [5.41, 5.74) is 9.50. The molecule has 2 atom stereocenters. The summed E-state index contributed by atoms with van der Waals surface area (Å²) in [5.74, 6) is 2.49. The highest BCUT2D eigenvalue weighted by Crippen LogP contribution is 2.52. The van der Waals surface area contributed by atoms with Gasteiger partial charge in [0.1, 0.15) is 0 Å². The number of thiophene rings is 1. The van der Waals surface area contributed by atoms with Crippen LogP contribution in [0.15, 0.2) is 133 Å². The van der Waals surface area contributed by atoms with Gasteiger partial charge in [-0.05, 0) is 77.5 Å². The van der Waals surface area contributed by atoms with Crippen LogP contribution in [0, 0.1) is 11.8 Å². The highest BCUT2D eigenvalue weighted by molar-refractivity contribution is 7.26. The first-order valence-electron chi connectivity index (χ1n) is 18.4. The van der Waals surface area contributed by atoms with Crippen LogP contribution in [-0.2, 0) is 5.41 Å². The van der Waals surface area contributed by atoms with E-state index in [2.05, 4.69) is 145 Å². The Kier molecular flexibility index (Phi) is 6.40. The Hall–Kier alpha value is -5.32. The van der Waals surface area contributed by atoms with Crippen LogP contribution >= 0.6 is 11.3 Å². The van der Waals surface area contributed by atoms with Gasteiger partial charge in [-0.25, -0.2) is 9.97 Å². The maximum Gasteiger partial charge on any atom is 0.235 e. The molecule has 0 saturated heterocycles. The van der Waals surface area contributed by atoms with E-state index < -0.39 is 0 Å². The second kappa shape index (κ2) is 11.1. The summed E-state index contributed by atoms with van der Waals surface area (Å²) in [4.78, 5) is 10.7. The molecule has 0 N–H and O–H groups in total. The van der Waals surface area contributed by atoms with Crippen molar-refractivity contribution in [3.8, 4) is 28.3 Å². The molecule has 0 aliphatic heterocycles. The number of fused-ring (bicyclic) bond motifs is 9. The van der Waals surface area contributed by atoms with Crippen LogP contribution in [-0.4, -0.2) is 14.5 Å². The molecular weight excluding hydrogens is 639 g/mol. The molecule has 3 aromatic heterocycles. The topological polar surface area (TPSA) is 30.7 Å². The Morgan fingerprint density at radius 3 is 2.14 bits per heavy atom. The lowest BCUT2D eigenvalue weighted by Crippen LogP contribution is -2.30. The smallest absolute Gasteiger partial charge is 0.235 e. The Balaban J connectivity index is 1.09. The molecule has 2 aliphatic rings. The van der Waals surface area contributed by atoms with E-state index in [1.807, 2.05) is 11.3 Å². The predicted molar refractivity (Wildman–Crippen MR) is 215 cm³/mol. The Morgan fingerprint density at radius 1 is 0.608 bits per heavy atom. The monoisotopic (exact) mass is 675 g/mol. The first-order valence-corrected chi connectivity index (χ1v) is 19.2. The molecule has 0 unspecified atom stereocenters. The third-order valence-electron chi connectivity index (χ3n) is 12.2. The Bertz CT molecular complexity index is 2810. The largest absolute Gasteiger partial charge is 0.278 e. The first kappa shape index (κ1) is 29.4. The minimum Gasteiger partial charge on any atom is -0.278 e. The number of benzene rings is 6. The van der Waals surface area contributed by atoms with Crippen molar-refractivity contribution in [3.63, 3.8) is 0 Å². The van der Waals surface area contributed by atoms with Crippen molar-refractivity contribution in [2.24, 2.45) is 11.8 Å². The maximum atomic E-state index is 5.44. The SMILES string of the molecule is CC1(c2ccc(-c3nc(-n4c5ccccc5c5ccc(-c6cccc7c6sc6ccccc67)cc54)nc4ccccc34)cc2)C[C@@H]2CC[C@H](C2)C1. The molecule has 2 aliphatic carbocycles. The van der Waals surface area contributed by atoms with Crippen molar-refractivity contribution < 1.29 is 0 Å². The minimum absolute atomic E-state index is 0.266. The third-order valence-corrected chi connectivity index (χ3v) is 13.4. The van der Waals surface area contributed by atoms with Gasteiger partial charge in [-0.3, -0.25) is 4.57 Å². The van der Waals surface area contributed by atoms with Gasteiger partial charge in [-0.2, -0.15) is 0 Å². The van der Waals surface area contributed by atoms with Crippen molar-refractivity contribution in [1.82, 2.24) is 14.5 Å². The zero-order valence-corrected chi connectivity index (χ0v) is 29.5. The van der Waals surface area contributed by atoms with E-state index in [0.717, 1.165) is 45.0 Å². The average Bonchev–Trinajstić information content (AvgIpc) is 3.84. The van der Waals surface area contributed by atoms with E-state index in [0.29, 0.717) is 5.95 Å². The van der Waals surface area contributed by atoms with E-state index in [-0.39, 0.29) is 5.41 Å². The molecule has 4 heteroatoms. The summed E-state index contributed by atoms with van der Waals surface area (Å²) in [6, 6.07) is 48.9. The number of hydrogen-bond donors (Lipinski definition) is 0. The Morgan fingerprint density at radius 2 is 1.29 bits per heavy atom. The zero-order valence-electron chi connectivity index (χ0n) is 28.6. The average molecular weight is 676 g/mol. The molecule has 51 heavy (non-hydrogen) atoms. The van der Waals surface area contributed by atoms with Gasteiger partial charge in [0.2, 0.25) is 5.95 Å². The second-order valence-electron chi connectivity index (χ2n) is 15.3. The van der Waals surface area contributed by atoms with Gasteiger partial charge >= 0.3 is 0 Å². The third kappa shape index (κ3) is 4.55. The van der Waals surface area contributed by atoms with Crippen molar-refractivity contribution in [1.29, 1.82) is 0 Å². The summed E-state index contributed by atoms with van der Waals surface area (Å²) in [7, 11) is 0. The van der Waals surface area contributed by atoms with Gasteiger partial charge in [0.25, 0.3) is 0 Å². The van der Waals surface area contributed by atoms with Gasteiger partial charge in [-0.1, -0.05) is 129 Å². The molecule has 0 amide bonds. The second-order valence-corrected chi connectivity index (χ2v) is 16.4. The lowest BCUT2D eigenvalue weighted by molar-refractivity contribution is 0.232. The molecule has 246 valence electrons. The van der Waals surface area contributed by atoms with E-state index in [4.69, 9.17) is 9.97 Å². The van der Waals surface area contributed by atoms with Crippen molar-refractivity contribution >= 4 is 64.2 Å². The molecule has 11 rings (SSSR count). The predicted octanol–water partition coefficient (Wildman–Crippen LogP) is 12.9. The number of hydrogen-bond acceptors (Lipinski definition) is 3. The lowest BCUT2D eigenvalue weighted by Gasteiger charge is -2.38. The maximum absolute atomic E-state index is 5.44. The van der Waals surface area contributed by atoms with Gasteiger partial charge < -0.3 is 0 Å². The summed E-state index contributed by atoms with van der Waals surface area (Å²) < 4.78 is 4.92. The standard InChI is InChI=1S/C47H37N3S/c1-47(27-29-17-18-30(25-29)28-47)33-22-19-31(20-23-33)44-39-11-2-5-14-40(39)48-46(49-44)50-41-15-6-3-9-35(41)36-24-21-32(26-42(36)50)34-12-8-13-38-37-10-4-7-16-43(37)51-45(34)38/h2-16,19-24,26,29-30H,17-18,25,27-28H2,1H3/t29-,30-/m1/s1. The molecule has 9 aromatic rings. The number of nitrogens with zero attached hydrogens (tertiary/aromatic N) is 3. The highest BCUT2D eigenvalue weighted by atomic mass is 32.1. The van der Waals surface area contributed by atoms with Crippen LogP contribution in [0.5, 0.6) is 0 Å². The van der Waals surface area contributed by atoms with Crippen LogP contribution < -0.4 is 0 Å². The molecule has 2 saturated carbocycles. The van der Waals surface area contributed by atoms with Gasteiger partial charge in [0, 0.05) is 41.9 Å². The van der Waals surface area contributed by atoms with Crippen molar-refractivity contribution in [2.75, 3.05) is 0 Å². The fourth-order valence-corrected chi connectivity index (χ4v) is 11.1. The van der Waals surface area contributed by atoms with Crippen molar-refractivity contribution in [2.45, 2.75) is 44.4 Å². The molecule has 6 aromatic carbocycles. The lowest BCUT2D eigenvalue weighted by atomic mass is 9.66. The number of aromatic nitrogens is 3. The van der Waals surface area contributed by atoms with Crippen LogP contribution in [0.2, 0.25) is 0 Å². The van der Waals surface area contributed by atoms with Crippen LogP contribution in [0.3, 0.4) is 0 Å². The molecule has 3 heterocycles. The molecule has 2 fully saturated rings. The molecule has 2 bridgehead atoms. The normalized spacial score (nSPS) is 20.3. The van der Waals surface area contributed by atoms with Crippen molar-refractivity contribution in [3.05, 3.63) is 139 Å².